The quantitative estimate of drug-likeness (QED) is 0.738. The third-order valence-electron chi connectivity index (χ3n) is 7.37. The van der Waals surface area contributed by atoms with Gasteiger partial charge in [-0.15, -0.1) is 0 Å². The number of esters is 2. The van der Waals surface area contributed by atoms with E-state index in [1.54, 1.807) is 0 Å². The highest BCUT2D eigenvalue weighted by Gasteiger charge is 2.73. The molecule has 1 aliphatic heterocycles. The van der Waals surface area contributed by atoms with E-state index in [1.165, 1.54) is 0 Å². The Balaban J connectivity index is 1.57. The molecule has 3 aliphatic carbocycles. The van der Waals surface area contributed by atoms with Gasteiger partial charge in [-0.3, -0.25) is 9.59 Å². The standard InChI is InChI=1S/C20H30O4/c1-17(2,3)9-20(10-18(20,4)5)16(22)24-19(6)11-7-12-13(8-11)15(21)23-14(12)19/h11-14H,7-10H2,1-6H3. The molecule has 0 aromatic rings. The summed E-state index contributed by atoms with van der Waals surface area (Å²) in [6, 6.07) is 0. The molecule has 4 nitrogen and oxygen atoms in total. The molecule has 0 aromatic heterocycles. The highest BCUT2D eigenvalue weighted by atomic mass is 16.6. The lowest BCUT2D eigenvalue weighted by Gasteiger charge is -2.38. The SMILES string of the molecule is CC(C)(C)CC1(C(=O)OC2(C)C3CC4C(=O)OC2C4C3)CC1(C)C. The van der Waals surface area contributed by atoms with E-state index in [2.05, 4.69) is 34.6 Å². The molecule has 0 spiro atoms. The molecule has 4 aliphatic rings. The average molecular weight is 334 g/mol. The van der Waals surface area contributed by atoms with Crippen molar-refractivity contribution in [2.75, 3.05) is 0 Å². The van der Waals surface area contributed by atoms with Gasteiger partial charge in [0.25, 0.3) is 0 Å². The summed E-state index contributed by atoms with van der Waals surface area (Å²) in [5.41, 5.74) is -0.959. The van der Waals surface area contributed by atoms with Crippen molar-refractivity contribution in [3.63, 3.8) is 0 Å². The summed E-state index contributed by atoms with van der Waals surface area (Å²) in [5, 5.41) is 0. The highest BCUT2D eigenvalue weighted by Crippen LogP contribution is 2.69. The van der Waals surface area contributed by atoms with Crippen molar-refractivity contribution in [2.45, 2.75) is 78.9 Å². The maximum absolute atomic E-state index is 13.3. The number of hydrogen-bond donors (Lipinski definition) is 0. The van der Waals surface area contributed by atoms with Gasteiger partial charge in [-0.2, -0.15) is 0 Å². The molecule has 0 amide bonds. The van der Waals surface area contributed by atoms with Crippen LogP contribution in [0, 0.1) is 34.0 Å². The van der Waals surface area contributed by atoms with Crippen molar-refractivity contribution in [3.05, 3.63) is 0 Å². The zero-order valence-electron chi connectivity index (χ0n) is 15.8. The van der Waals surface area contributed by atoms with E-state index < -0.39 is 11.0 Å². The Kier molecular flexibility index (Phi) is 2.99. The first-order chi connectivity index (χ1) is 10.9. The summed E-state index contributed by atoms with van der Waals surface area (Å²) in [5.74, 6) is 0.417. The number of hydrogen-bond acceptors (Lipinski definition) is 4. The molecular formula is C20H30O4. The molecule has 6 unspecified atom stereocenters. The number of fused-ring (bicyclic) bond motifs is 1. The minimum absolute atomic E-state index is 0.0137. The van der Waals surface area contributed by atoms with Crippen LogP contribution in [0.3, 0.4) is 0 Å². The summed E-state index contributed by atoms with van der Waals surface area (Å²) < 4.78 is 11.8. The number of rotatable bonds is 3. The Morgan fingerprint density at radius 1 is 1.25 bits per heavy atom. The van der Waals surface area contributed by atoms with E-state index in [9.17, 15) is 9.59 Å². The normalized spacial score (nSPS) is 47.7. The predicted molar refractivity (Wildman–Crippen MR) is 89.0 cm³/mol. The van der Waals surface area contributed by atoms with E-state index in [-0.39, 0.29) is 46.6 Å². The molecule has 6 atom stereocenters. The van der Waals surface area contributed by atoms with E-state index in [1.807, 2.05) is 6.92 Å². The average Bonchev–Trinajstić information content (AvgIpc) is 2.78. The Morgan fingerprint density at radius 3 is 2.42 bits per heavy atom. The van der Waals surface area contributed by atoms with Gasteiger partial charge in [-0.25, -0.2) is 0 Å². The summed E-state index contributed by atoms with van der Waals surface area (Å²) in [4.78, 5) is 25.3. The summed E-state index contributed by atoms with van der Waals surface area (Å²) >= 11 is 0. The van der Waals surface area contributed by atoms with Gasteiger partial charge < -0.3 is 9.47 Å². The molecule has 3 saturated carbocycles. The minimum atomic E-state index is -0.631. The van der Waals surface area contributed by atoms with Crippen LogP contribution in [0.4, 0.5) is 0 Å². The van der Waals surface area contributed by atoms with Gasteiger partial charge in [0.1, 0.15) is 11.7 Å². The fourth-order valence-corrected chi connectivity index (χ4v) is 6.00. The van der Waals surface area contributed by atoms with Crippen LogP contribution < -0.4 is 0 Å². The first-order valence-corrected chi connectivity index (χ1v) is 9.34. The molecule has 0 radical (unpaired) electrons. The van der Waals surface area contributed by atoms with Gasteiger partial charge >= 0.3 is 11.9 Å². The monoisotopic (exact) mass is 334 g/mol. The second-order valence-electron chi connectivity index (χ2n) is 10.7. The Hall–Kier alpha value is -1.06. The second kappa shape index (κ2) is 4.37. The van der Waals surface area contributed by atoms with Crippen LogP contribution in [0.5, 0.6) is 0 Å². The van der Waals surface area contributed by atoms with Crippen LogP contribution in [0.25, 0.3) is 0 Å². The van der Waals surface area contributed by atoms with Crippen LogP contribution in [-0.4, -0.2) is 23.6 Å². The zero-order chi connectivity index (χ0) is 17.7. The third kappa shape index (κ3) is 1.97. The number of ether oxygens (including phenoxy) is 2. The Labute approximate surface area is 144 Å². The molecule has 2 bridgehead atoms. The van der Waals surface area contributed by atoms with Crippen LogP contribution in [-0.2, 0) is 19.1 Å². The lowest BCUT2D eigenvalue weighted by molar-refractivity contribution is -0.187. The van der Waals surface area contributed by atoms with Gasteiger partial charge in [0.15, 0.2) is 0 Å². The van der Waals surface area contributed by atoms with Crippen molar-refractivity contribution < 1.29 is 19.1 Å². The molecule has 4 fully saturated rings. The van der Waals surface area contributed by atoms with Gasteiger partial charge in [0.2, 0.25) is 0 Å². The van der Waals surface area contributed by atoms with Crippen molar-refractivity contribution in [3.8, 4) is 0 Å². The molecule has 1 heterocycles. The summed E-state index contributed by atoms with van der Waals surface area (Å²) in [6.45, 7) is 12.9. The Morgan fingerprint density at radius 2 is 1.88 bits per heavy atom. The van der Waals surface area contributed by atoms with Gasteiger partial charge in [0, 0.05) is 11.8 Å². The first-order valence-electron chi connectivity index (χ1n) is 9.34. The fourth-order valence-electron chi connectivity index (χ4n) is 6.00. The summed E-state index contributed by atoms with van der Waals surface area (Å²) in [7, 11) is 0. The van der Waals surface area contributed by atoms with E-state index in [0.717, 1.165) is 25.7 Å². The smallest absolute Gasteiger partial charge is 0.313 e. The molecule has 1 saturated heterocycles. The topological polar surface area (TPSA) is 52.6 Å². The predicted octanol–water partition coefficient (Wildman–Crippen LogP) is 3.72. The lowest BCUT2D eigenvalue weighted by atomic mass is 9.77. The minimum Gasteiger partial charge on any atom is -0.458 e. The maximum Gasteiger partial charge on any atom is 0.313 e. The molecule has 24 heavy (non-hydrogen) atoms. The fraction of sp³-hybridized carbons (Fsp3) is 0.900. The van der Waals surface area contributed by atoms with Crippen molar-refractivity contribution in [2.24, 2.45) is 34.0 Å². The molecule has 4 heteroatoms. The molecule has 134 valence electrons. The van der Waals surface area contributed by atoms with Crippen molar-refractivity contribution >= 4 is 11.9 Å². The number of carbonyl (C=O) groups is 2. The Bertz CT molecular complexity index is 616. The van der Waals surface area contributed by atoms with Gasteiger partial charge in [-0.05, 0) is 43.4 Å². The van der Waals surface area contributed by atoms with Crippen LogP contribution in [0.15, 0.2) is 0 Å². The number of carbonyl (C=O) groups excluding carboxylic acids is 2. The van der Waals surface area contributed by atoms with Crippen molar-refractivity contribution in [1.29, 1.82) is 0 Å². The highest BCUT2D eigenvalue weighted by molar-refractivity contribution is 5.83. The largest absolute Gasteiger partial charge is 0.458 e. The van der Waals surface area contributed by atoms with E-state index in [0.29, 0.717) is 0 Å². The van der Waals surface area contributed by atoms with Gasteiger partial charge in [-0.1, -0.05) is 34.6 Å². The zero-order valence-corrected chi connectivity index (χ0v) is 15.8. The van der Waals surface area contributed by atoms with Gasteiger partial charge in [0.05, 0.1) is 11.3 Å². The lowest BCUT2D eigenvalue weighted by Crippen LogP contribution is -2.49. The van der Waals surface area contributed by atoms with Crippen LogP contribution in [0.1, 0.15) is 67.2 Å². The maximum atomic E-state index is 13.3. The van der Waals surface area contributed by atoms with Crippen LogP contribution in [0.2, 0.25) is 0 Å². The molecule has 0 N–H and O–H groups in total. The third-order valence-corrected chi connectivity index (χ3v) is 7.37. The molecule has 0 aromatic carbocycles. The second-order valence-corrected chi connectivity index (χ2v) is 10.7. The molecule has 4 rings (SSSR count). The van der Waals surface area contributed by atoms with Crippen molar-refractivity contribution in [1.82, 2.24) is 0 Å². The molecular weight excluding hydrogens is 304 g/mol. The summed E-state index contributed by atoms with van der Waals surface area (Å²) in [6.07, 6.45) is 3.27. The first kappa shape index (κ1) is 16.4. The van der Waals surface area contributed by atoms with E-state index >= 15 is 0 Å². The van der Waals surface area contributed by atoms with Crippen LogP contribution >= 0.6 is 0 Å². The van der Waals surface area contributed by atoms with E-state index in [4.69, 9.17) is 9.47 Å².